The highest BCUT2D eigenvalue weighted by Gasteiger charge is 2.23. The van der Waals surface area contributed by atoms with Gasteiger partial charge in [-0.3, -0.25) is 9.48 Å². The molecule has 2 aromatic heterocycles. The van der Waals surface area contributed by atoms with Crippen LogP contribution in [0.5, 0.6) is 0 Å². The maximum absolute atomic E-state index is 12.5. The third kappa shape index (κ3) is 3.42. The number of thiazole rings is 1. The van der Waals surface area contributed by atoms with Gasteiger partial charge in [0.15, 0.2) is 5.69 Å². The van der Waals surface area contributed by atoms with Gasteiger partial charge in [0.25, 0.3) is 5.91 Å². The number of carbonyl (C=O) groups is 1. The second-order valence-corrected chi connectivity index (χ2v) is 7.55. The zero-order chi connectivity index (χ0) is 17.9. The lowest BCUT2D eigenvalue weighted by Gasteiger charge is -2.12. The average molecular weight is 366 g/mol. The molecule has 1 aliphatic rings. The third-order valence-electron chi connectivity index (χ3n) is 4.83. The second-order valence-electron chi connectivity index (χ2n) is 6.60. The van der Waals surface area contributed by atoms with Gasteiger partial charge in [0.2, 0.25) is 0 Å². The second kappa shape index (κ2) is 7.41. The largest absolute Gasteiger partial charge is 0.350 e. The van der Waals surface area contributed by atoms with Crippen LogP contribution in [0.1, 0.15) is 39.6 Å². The smallest absolute Gasteiger partial charge is 0.272 e. The molecule has 0 saturated carbocycles. The van der Waals surface area contributed by atoms with Gasteiger partial charge >= 0.3 is 0 Å². The molecule has 134 valence electrons. The number of nitrogens with zero attached hydrogens (tertiary/aromatic N) is 3. The molecule has 4 rings (SSSR count). The van der Waals surface area contributed by atoms with Crippen LogP contribution in [0.3, 0.4) is 0 Å². The summed E-state index contributed by atoms with van der Waals surface area (Å²) in [6.07, 6.45) is 5.03. The van der Waals surface area contributed by atoms with Crippen LogP contribution in [0.15, 0.2) is 35.7 Å². The average Bonchev–Trinajstić information content (AvgIpc) is 3.28. The van der Waals surface area contributed by atoms with Gasteiger partial charge in [0.05, 0.1) is 10.7 Å². The highest BCUT2D eigenvalue weighted by molar-refractivity contribution is 7.09. The molecule has 0 spiro atoms. The predicted molar refractivity (Wildman–Crippen MR) is 103 cm³/mol. The Morgan fingerprint density at radius 1 is 1.23 bits per heavy atom. The van der Waals surface area contributed by atoms with Gasteiger partial charge in [-0.2, -0.15) is 5.10 Å². The van der Waals surface area contributed by atoms with E-state index in [1.165, 1.54) is 12.1 Å². The molecule has 3 aromatic rings. The first kappa shape index (κ1) is 17.0. The van der Waals surface area contributed by atoms with Crippen molar-refractivity contribution in [3.63, 3.8) is 0 Å². The van der Waals surface area contributed by atoms with Crippen LogP contribution < -0.4 is 5.32 Å². The lowest BCUT2D eigenvalue weighted by Crippen LogP contribution is -2.27. The van der Waals surface area contributed by atoms with Crippen LogP contribution in [0, 0.1) is 0 Å². The van der Waals surface area contributed by atoms with E-state index in [1.54, 1.807) is 11.3 Å². The Morgan fingerprint density at radius 2 is 2.04 bits per heavy atom. The van der Waals surface area contributed by atoms with Gasteiger partial charge in [-0.1, -0.05) is 30.3 Å². The number of aromatic nitrogens is 3. The number of benzene rings is 1. The number of hydrogen-bond donors (Lipinski definition) is 1. The molecule has 0 fully saturated rings. The number of carbonyl (C=O) groups excluding carboxylic acids is 1. The van der Waals surface area contributed by atoms with E-state index in [9.17, 15) is 4.79 Å². The topological polar surface area (TPSA) is 59.8 Å². The maximum atomic E-state index is 12.5. The first-order valence-corrected chi connectivity index (χ1v) is 9.93. The van der Waals surface area contributed by atoms with Crippen molar-refractivity contribution in [2.75, 3.05) is 6.54 Å². The van der Waals surface area contributed by atoms with Crippen molar-refractivity contribution in [2.24, 2.45) is 7.05 Å². The van der Waals surface area contributed by atoms with Crippen molar-refractivity contribution >= 4 is 17.2 Å². The Labute approximate surface area is 157 Å². The van der Waals surface area contributed by atoms with Crippen molar-refractivity contribution in [2.45, 2.75) is 32.1 Å². The van der Waals surface area contributed by atoms with Gasteiger partial charge in [0.1, 0.15) is 0 Å². The monoisotopic (exact) mass is 366 g/mol. The van der Waals surface area contributed by atoms with Crippen LogP contribution in [0.2, 0.25) is 0 Å². The van der Waals surface area contributed by atoms with Crippen LogP contribution in [-0.4, -0.2) is 27.2 Å². The molecule has 0 bridgehead atoms. The summed E-state index contributed by atoms with van der Waals surface area (Å²) in [5.41, 5.74) is 5.08. The number of nitrogens with one attached hydrogen (secondary N) is 1. The Morgan fingerprint density at radius 3 is 2.88 bits per heavy atom. The Balaban J connectivity index is 1.37. The lowest BCUT2D eigenvalue weighted by atomic mass is 9.95. The summed E-state index contributed by atoms with van der Waals surface area (Å²) in [6.45, 7) is 0.575. The third-order valence-corrected chi connectivity index (χ3v) is 5.73. The van der Waals surface area contributed by atoms with Crippen molar-refractivity contribution < 1.29 is 4.79 Å². The minimum absolute atomic E-state index is 0.0661. The Bertz CT molecular complexity index is 913. The summed E-state index contributed by atoms with van der Waals surface area (Å²) in [6, 6.07) is 10.2. The Kier molecular flexibility index (Phi) is 4.84. The summed E-state index contributed by atoms with van der Waals surface area (Å²) >= 11 is 1.64. The van der Waals surface area contributed by atoms with E-state index in [-0.39, 0.29) is 5.91 Å². The molecule has 5 nitrogen and oxygen atoms in total. The van der Waals surface area contributed by atoms with Crippen molar-refractivity contribution in [3.05, 3.63) is 57.7 Å². The van der Waals surface area contributed by atoms with Crippen LogP contribution >= 0.6 is 11.3 Å². The molecule has 0 unspecified atom stereocenters. The fourth-order valence-corrected chi connectivity index (χ4v) is 4.30. The van der Waals surface area contributed by atoms with Gasteiger partial charge in [-0.25, -0.2) is 4.98 Å². The van der Waals surface area contributed by atoms with Crippen molar-refractivity contribution in [3.8, 4) is 11.3 Å². The number of fused-ring (bicyclic) bond motifs is 1. The Hall–Kier alpha value is -2.47. The zero-order valence-corrected chi connectivity index (χ0v) is 15.7. The number of hydrogen-bond acceptors (Lipinski definition) is 4. The van der Waals surface area contributed by atoms with E-state index in [0.717, 1.165) is 47.5 Å². The summed E-state index contributed by atoms with van der Waals surface area (Å²) < 4.78 is 1.87. The van der Waals surface area contributed by atoms with E-state index in [2.05, 4.69) is 32.9 Å². The highest BCUT2D eigenvalue weighted by atomic mass is 32.1. The van der Waals surface area contributed by atoms with E-state index in [0.29, 0.717) is 12.2 Å². The summed E-state index contributed by atoms with van der Waals surface area (Å²) in [4.78, 5) is 17.2. The normalized spacial score (nSPS) is 13.4. The van der Waals surface area contributed by atoms with E-state index >= 15 is 0 Å². The first-order valence-electron chi connectivity index (χ1n) is 9.05. The molecule has 2 heterocycles. The molecule has 1 aliphatic carbocycles. The van der Waals surface area contributed by atoms with Crippen molar-refractivity contribution in [1.29, 1.82) is 0 Å². The number of amides is 1. The number of rotatable bonds is 5. The molecular weight excluding hydrogens is 344 g/mol. The quantitative estimate of drug-likeness (QED) is 0.753. The first-order chi connectivity index (χ1) is 12.7. The minimum atomic E-state index is -0.0661. The molecule has 0 aliphatic heterocycles. The van der Waals surface area contributed by atoms with E-state index in [1.807, 2.05) is 29.9 Å². The summed E-state index contributed by atoms with van der Waals surface area (Å²) in [5.74, 6) is -0.0661. The van der Waals surface area contributed by atoms with E-state index < -0.39 is 0 Å². The minimum Gasteiger partial charge on any atom is -0.350 e. The van der Waals surface area contributed by atoms with Crippen LogP contribution in [-0.2, 0) is 26.3 Å². The summed E-state index contributed by atoms with van der Waals surface area (Å²) in [7, 11) is 1.93. The predicted octanol–water partition coefficient (Wildman–Crippen LogP) is 3.39. The highest BCUT2D eigenvalue weighted by Crippen LogP contribution is 2.24. The SMILES string of the molecule is Cn1nc(C(=O)NCCc2nc(-c3ccccc3)cs2)c2c1CCCC2. The molecule has 1 aromatic carbocycles. The van der Waals surface area contributed by atoms with Gasteiger partial charge in [0, 0.05) is 42.2 Å². The molecule has 6 heteroatoms. The fourth-order valence-electron chi connectivity index (χ4n) is 3.49. The van der Waals surface area contributed by atoms with Gasteiger partial charge < -0.3 is 5.32 Å². The number of aryl methyl sites for hydroxylation is 1. The van der Waals surface area contributed by atoms with Crippen LogP contribution in [0.4, 0.5) is 0 Å². The lowest BCUT2D eigenvalue weighted by molar-refractivity contribution is 0.0947. The fraction of sp³-hybridized carbons (Fsp3) is 0.350. The zero-order valence-electron chi connectivity index (χ0n) is 14.9. The molecule has 0 saturated heterocycles. The van der Waals surface area contributed by atoms with Crippen molar-refractivity contribution in [1.82, 2.24) is 20.1 Å². The maximum Gasteiger partial charge on any atom is 0.272 e. The van der Waals surface area contributed by atoms with Gasteiger partial charge in [-0.15, -0.1) is 11.3 Å². The molecule has 0 atom stereocenters. The van der Waals surface area contributed by atoms with Crippen LogP contribution in [0.25, 0.3) is 11.3 Å². The summed E-state index contributed by atoms with van der Waals surface area (Å²) in [5, 5.41) is 10.6. The molecule has 1 amide bonds. The molecule has 26 heavy (non-hydrogen) atoms. The molecule has 1 N–H and O–H groups in total. The molecule has 0 radical (unpaired) electrons. The van der Waals surface area contributed by atoms with Gasteiger partial charge in [-0.05, 0) is 25.7 Å². The molecular formula is C20H22N4OS. The standard InChI is InChI=1S/C20H22N4OS/c1-24-17-10-6-5-9-15(17)19(23-24)20(25)21-12-11-18-22-16(13-26-18)14-7-3-2-4-8-14/h2-4,7-8,13H,5-6,9-12H2,1H3,(H,21,25). The van der Waals surface area contributed by atoms with E-state index in [4.69, 9.17) is 0 Å².